The standard InChI is InChI=1S/C8H17N3O4S/c1-6(2)8(9)4-11(5-8)16(13,14)10-7(12)15-3/h6H,4-5,9H2,1-3H3,(H,10,12). The van der Waals surface area contributed by atoms with Gasteiger partial charge in [-0.2, -0.15) is 12.7 Å². The molecule has 1 aliphatic heterocycles. The Kier molecular flexibility index (Phi) is 3.46. The Bertz CT molecular complexity index is 373. The van der Waals surface area contributed by atoms with Crippen molar-refractivity contribution in [1.82, 2.24) is 9.03 Å². The lowest BCUT2D eigenvalue weighted by Gasteiger charge is -2.48. The van der Waals surface area contributed by atoms with E-state index in [1.807, 2.05) is 13.8 Å². The van der Waals surface area contributed by atoms with Gasteiger partial charge >= 0.3 is 16.3 Å². The Balaban J connectivity index is 2.60. The van der Waals surface area contributed by atoms with Gasteiger partial charge in [0, 0.05) is 18.6 Å². The quantitative estimate of drug-likeness (QED) is 0.687. The zero-order chi connectivity index (χ0) is 12.6. The van der Waals surface area contributed by atoms with Crippen molar-refractivity contribution in [3.05, 3.63) is 0 Å². The molecule has 0 radical (unpaired) electrons. The Morgan fingerprint density at radius 3 is 2.38 bits per heavy atom. The van der Waals surface area contributed by atoms with E-state index >= 15 is 0 Å². The predicted molar refractivity (Wildman–Crippen MR) is 57.8 cm³/mol. The van der Waals surface area contributed by atoms with Gasteiger partial charge in [0.15, 0.2) is 0 Å². The molecule has 16 heavy (non-hydrogen) atoms. The average molecular weight is 251 g/mol. The van der Waals surface area contributed by atoms with Gasteiger partial charge in [-0.1, -0.05) is 13.8 Å². The van der Waals surface area contributed by atoms with Crippen molar-refractivity contribution in [3.63, 3.8) is 0 Å². The lowest BCUT2D eigenvalue weighted by Crippen LogP contribution is -2.72. The van der Waals surface area contributed by atoms with Crippen LogP contribution in [-0.4, -0.2) is 44.6 Å². The highest BCUT2D eigenvalue weighted by molar-refractivity contribution is 7.87. The number of hydrogen-bond acceptors (Lipinski definition) is 5. The Morgan fingerprint density at radius 2 is 2.00 bits per heavy atom. The molecule has 1 fully saturated rings. The van der Waals surface area contributed by atoms with E-state index in [1.54, 1.807) is 4.72 Å². The van der Waals surface area contributed by atoms with Crippen molar-refractivity contribution in [3.8, 4) is 0 Å². The molecule has 8 heteroatoms. The second-order valence-electron chi connectivity index (χ2n) is 4.25. The van der Waals surface area contributed by atoms with Crippen LogP contribution in [0.25, 0.3) is 0 Å². The fourth-order valence-corrected chi connectivity index (χ4v) is 2.60. The summed E-state index contributed by atoms with van der Waals surface area (Å²) in [6, 6.07) is 0. The summed E-state index contributed by atoms with van der Waals surface area (Å²) in [4.78, 5) is 10.8. The molecule has 7 nitrogen and oxygen atoms in total. The highest BCUT2D eigenvalue weighted by atomic mass is 32.2. The van der Waals surface area contributed by atoms with Crippen LogP contribution in [0.2, 0.25) is 0 Å². The molecule has 94 valence electrons. The molecule has 0 spiro atoms. The van der Waals surface area contributed by atoms with Crippen molar-refractivity contribution >= 4 is 16.3 Å². The Labute approximate surface area is 95.1 Å². The summed E-state index contributed by atoms with van der Waals surface area (Å²) in [5.74, 6) is 0.178. The SMILES string of the molecule is COC(=O)NS(=O)(=O)N1CC(N)(C(C)C)C1. The maximum Gasteiger partial charge on any atom is 0.421 e. The van der Waals surface area contributed by atoms with Gasteiger partial charge in [0.25, 0.3) is 0 Å². The normalized spacial score (nSPS) is 20.3. The number of hydrogen-bond donors (Lipinski definition) is 2. The van der Waals surface area contributed by atoms with Crippen LogP contribution in [0.4, 0.5) is 4.79 Å². The molecular weight excluding hydrogens is 234 g/mol. The summed E-state index contributed by atoms with van der Waals surface area (Å²) in [6.45, 7) is 4.27. The number of nitrogens with one attached hydrogen (secondary N) is 1. The third kappa shape index (κ3) is 2.45. The molecule has 0 aromatic rings. The van der Waals surface area contributed by atoms with Crippen molar-refractivity contribution in [2.75, 3.05) is 20.2 Å². The van der Waals surface area contributed by atoms with Crippen LogP contribution >= 0.6 is 0 Å². The molecule has 0 unspecified atom stereocenters. The van der Waals surface area contributed by atoms with Crippen LogP contribution in [0.5, 0.6) is 0 Å². The number of ether oxygens (including phenoxy) is 1. The van der Waals surface area contributed by atoms with E-state index in [4.69, 9.17) is 5.73 Å². The van der Waals surface area contributed by atoms with Crippen molar-refractivity contribution in [2.24, 2.45) is 11.7 Å². The highest BCUT2D eigenvalue weighted by Crippen LogP contribution is 2.27. The minimum Gasteiger partial charge on any atom is -0.452 e. The fourth-order valence-electron chi connectivity index (χ4n) is 1.36. The fraction of sp³-hybridized carbons (Fsp3) is 0.875. The minimum atomic E-state index is -3.81. The highest BCUT2D eigenvalue weighted by Gasteiger charge is 2.47. The topological polar surface area (TPSA) is 102 Å². The number of rotatable bonds is 3. The lowest BCUT2D eigenvalue weighted by atomic mass is 9.82. The van der Waals surface area contributed by atoms with Crippen LogP contribution < -0.4 is 10.5 Å². The molecule has 1 saturated heterocycles. The lowest BCUT2D eigenvalue weighted by molar-refractivity contribution is 0.108. The van der Waals surface area contributed by atoms with Gasteiger partial charge in [-0.3, -0.25) is 0 Å². The summed E-state index contributed by atoms with van der Waals surface area (Å²) in [7, 11) is -2.71. The maximum absolute atomic E-state index is 11.6. The average Bonchev–Trinajstić information content (AvgIpc) is 2.11. The van der Waals surface area contributed by atoms with Crippen LogP contribution in [0.3, 0.4) is 0 Å². The van der Waals surface area contributed by atoms with Crippen LogP contribution in [0.1, 0.15) is 13.8 Å². The second kappa shape index (κ2) is 4.19. The summed E-state index contributed by atoms with van der Waals surface area (Å²) in [5.41, 5.74) is 5.44. The first-order valence-electron chi connectivity index (χ1n) is 4.86. The smallest absolute Gasteiger partial charge is 0.421 e. The van der Waals surface area contributed by atoms with E-state index in [1.165, 1.54) is 0 Å². The molecule has 0 aliphatic carbocycles. The molecule has 0 bridgehead atoms. The largest absolute Gasteiger partial charge is 0.452 e. The van der Waals surface area contributed by atoms with Crippen LogP contribution in [0, 0.1) is 5.92 Å². The summed E-state index contributed by atoms with van der Waals surface area (Å²) in [5, 5.41) is 0. The van der Waals surface area contributed by atoms with Gasteiger partial charge in [0.05, 0.1) is 7.11 Å². The van der Waals surface area contributed by atoms with Crippen LogP contribution in [-0.2, 0) is 14.9 Å². The monoisotopic (exact) mass is 251 g/mol. The third-order valence-corrected chi connectivity index (χ3v) is 4.19. The second-order valence-corrected chi connectivity index (χ2v) is 5.93. The predicted octanol–water partition coefficient (Wildman–Crippen LogP) is -0.744. The number of methoxy groups -OCH3 is 1. The van der Waals surface area contributed by atoms with Gasteiger partial charge in [-0.15, -0.1) is 0 Å². The summed E-state index contributed by atoms with van der Waals surface area (Å²) in [6.07, 6.45) is -1.00. The van der Waals surface area contributed by atoms with Crippen molar-refractivity contribution in [1.29, 1.82) is 0 Å². The van der Waals surface area contributed by atoms with Gasteiger partial charge in [0.2, 0.25) is 0 Å². The van der Waals surface area contributed by atoms with Gasteiger partial charge in [-0.05, 0) is 5.92 Å². The summed E-state index contributed by atoms with van der Waals surface area (Å²) < 4.78 is 30.2. The number of carbonyl (C=O) groups is 1. The number of amides is 1. The third-order valence-electron chi connectivity index (χ3n) is 2.83. The van der Waals surface area contributed by atoms with E-state index < -0.39 is 21.8 Å². The van der Waals surface area contributed by atoms with Crippen LogP contribution in [0.15, 0.2) is 0 Å². The molecule has 1 amide bonds. The van der Waals surface area contributed by atoms with Crippen molar-refractivity contribution in [2.45, 2.75) is 19.4 Å². The first kappa shape index (κ1) is 13.2. The molecule has 0 atom stereocenters. The van der Waals surface area contributed by atoms with E-state index in [0.717, 1.165) is 11.4 Å². The number of nitrogens with zero attached hydrogens (tertiary/aromatic N) is 1. The minimum absolute atomic E-state index is 0.178. The van der Waals surface area contributed by atoms with Gasteiger partial charge < -0.3 is 10.5 Å². The molecule has 0 aromatic heterocycles. The zero-order valence-corrected chi connectivity index (χ0v) is 10.4. The molecule has 1 rings (SSSR count). The number of nitrogens with two attached hydrogens (primary N) is 1. The Hall–Kier alpha value is -0.860. The zero-order valence-electron chi connectivity index (χ0n) is 9.56. The molecule has 0 aromatic carbocycles. The van der Waals surface area contributed by atoms with Gasteiger partial charge in [-0.25, -0.2) is 9.52 Å². The molecule has 0 saturated carbocycles. The molecular formula is C8H17N3O4S. The molecule has 1 aliphatic rings. The number of carbonyl (C=O) groups excluding carboxylic acids is 1. The van der Waals surface area contributed by atoms with Gasteiger partial charge in [0.1, 0.15) is 0 Å². The first-order chi connectivity index (χ1) is 7.21. The van der Waals surface area contributed by atoms with E-state index in [9.17, 15) is 13.2 Å². The van der Waals surface area contributed by atoms with E-state index in [2.05, 4.69) is 4.74 Å². The molecule has 1 heterocycles. The van der Waals surface area contributed by atoms with Crippen molar-refractivity contribution < 1.29 is 17.9 Å². The van der Waals surface area contributed by atoms with E-state index in [-0.39, 0.29) is 19.0 Å². The first-order valence-corrected chi connectivity index (χ1v) is 6.30. The molecule has 3 N–H and O–H groups in total. The maximum atomic E-state index is 11.6. The van der Waals surface area contributed by atoms with E-state index in [0.29, 0.717) is 0 Å². The summed E-state index contributed by atoms with van der Waals surface area (Å²) >= 11 is 0. The Morgan fingerprint density at radius 1 is 1.50 bits per heavy atom.